The maximum atomic E-state index is 5.81. The fourth-order valence-corrected chi connectivity index (χ4v) is 3.63. The number of rotatable bonds is 3. The van der Waals surface area contributed by atoms with Crippen LogP contribution in [0.5, 0.6) is 0 Å². The minimum Gasteiger partial charge on any atom is -0.376 e. The highest BCUT2D eigenvalue weighted by Crippen LogP contribution is 2.40. The predicted octanol–water partition coefficient (Wildman–Crippen LogP) is 2.02. The monoisotopic (exact) mass is 240 g/mol. The lowest BCUT2D eigenvalue weighted by Crippen LogP contribution is -2.29. The van der Waals surface area contributed by atoms with Crippen LogP contribution < -0.4 is 5.32 Å². The molecule has 4 heteroatoms. The average Bonchev–Trinajstić information content (AvgIpc) is 2.88. The lowest BCUT2D eigenvalue weighted by atomic mass is 10.1. The second-order valence-electron chi connectivity index (χ2n) is 5.02. The molecule has 90 valence electrons. The van der Waals surface area contributed by atoms with Gasteiger partial charge >= 0.3 is 0 Å². The molecule has 3 fully saturated rings. The molecule has 3 rings (SSSR count). The summed E-state index contributed by atoms with van der Waals surface area (Å²) in [5, 5.41) is 4.66. The van der Waals surface area contributed by atoms with Gasteiger partial charge in [0.15, 0.2) is 5.17 Å². The van der Waals surface area contributed by atoms with Crippen molar-refractivity contribution in [3.63, 3.8) is 0 Å². The molecule has 1 aliphatic carbocycles. The van der Waals surface area contributed by atoms with Crippen molar-refractivity contribution in [3.8, 4) is 0 Å². The number of amidine groups is 1. The summed E-state index contributed by atoms with van der Waals surface area (Å²) < 4.78 is 5.81. The van der Waals surface area contributed by atoms with Crippen LogP contribution in [0.1, 0.15) is 32.6 Å². The van der Waals surface area contributed by atoms with Gasteiger partial charge in [0.25, 0.3) is 0 Å². The SMILES string of the molecule is CCC1CSC(=NC2CCOC2C2CC2)N1. The van der Waals surface area contributed by atoms with Crippen molar-refractivity contribution in [1.82, 2.24) is 5.32 Å². The second-order valence-corrected chi connectivity index (χ2v) is 6.03. The minimum absolute atomic E-state index is 0.426. The number of nitrogens with zero attached hydrogens (tertiary/aromatic N) is 1. The maximum absolute atomic E-state index is 5.81. The average molecular weight is 240 g/mol. The van der Waals surface area contributed by atoms with Crippen molar-refractivity contribution >= 4 is 16.9 Å². The smallest absolute Gasteiger partial charge is 0.157 e. The summed E-state index contributed by atoms with van der Waals surface area (Å²) in [4.78, 5) is 4.86. The summed E-state index contributed by atoms with van der Waals surface area (Å²) in [5.74, 6) is 1.99. The molecule has 0 spiro atoms. The largest absolute Gasteiger partial charge is 0.376 e. The van der Waals surface area contributed by atoms with Gasteiger partial charge in [-0.15, -0.1) is 0 Å². The first-order valence-corrected chi connectivity index (χ1v) is 7.44. The Morgan fingerprint density at radius 1 is 1.44 bits per heavy atom. The summed E-state index contributed by atoms with van der Waals surface area (Å²) in [5.41, 5.74) is 0. The zero-order valence-corrected chi connectivity index (χ0v) is 10.6. The molecule has 3 aliphatic rings. The van der Waals surface area contributed by atoms with E-state index in [-0.39, 0.29) is 0 Å². The lowest BCUT2D eigenvalue weighted by molar-refractivity contribution is 0.0875. The van der Waals surface area contributed by atoms with E-state index in [0.29, 0.717) is 18.2 Å². The highest BCUT2D eigenvalue weighted by Gasteiger charge is 2.41. The summed E-state index contributed by atoms with van der Waals surface area (Å²) in [6.07, 6.45) is 5.44. The molecular weight excluding hydrogens is 220 g/mol. The zero-order chi connectivity index (χ0) is 11.0. The molecule has 3 nitrogen and oxygen atoms in total. The van der Waals surface area contributed by atoms with Crippen molar-refractivity contribution in [3.05, 3.63) is 0 Å². The third-order valence-corrected chi connectivity index (χ3v) is 4.78. The van der Waals surface area contributed by atoms with Crippen molar-refractivity contribution in [2.45, 2.75) is 50.8 Å². The standard InChI is InChI=1S/C12H20N2OS/c1-2-9-7-16-12(13-9)14-10-5-6-15-11(10)8-3-4-8/h8-11H,2-7H2,1H3,(H,13,14). The first kappa shape index (κ1) is 10.9. The molecule has 2 aliphatic heterocycles. The van der Waals surface area contributed by atoms with E-state index in [1.165, 1.54) is 25.0 Å². The summed E-state index contributed by atoms with van der Waals surface area (Å²) >= 11 is 1.88. The summed E-state index contributed by atoms with van der Waals surface area (Å²) in [7, 11) is 0. The van der Waals surface area contributed by atoms with Gasteiger partial charge in [0.1, 0.15) is 0 Å². The highest BCUT2D eigenvalue weighted by atomic mass is 32.2. The van der Waals surface area contributed by atoms with E-state index in [1.54, 1.807) is 0 Å². The van der Waals surface area contributed by atoms with Gasteiger partial charge in [0, 0.05) is 18.4 Å². The predicted molar refractivity (Wildman–Crippen MR) is 68.0 cm³/mol. The Labute approximate surface area is 101 Å². The molecule has 3 atom stereocenters. The van der Waals surface area contributed by atoms with Gasteiger partial charge in [0.05, 0.1) is 12.1 Å². The van der Waals surface area contributed by atoms with Crippen LogP contribution >= 0.6 is 11.8 Å². The number of hydrogen-bond acceptors (Lipinski definition) is 3. The van der Waals surface area contributed by atoms with E-state index in [9.17, 15) is 0 Å². The first-order chi connectivity index (χ1) is 7.86. The third-order valence-electron chi connectivity index (χ3n) is 3.71. The fraction of sp³-hybridized carbons (Fsp3) is 0.917. The quantitative estimate of drug-likeness (QED) is 0.819. The lowest BCUT2D eigenvalue weighted by Gasteiger charge is -2.14. The van der Waals surface area contributed by atoms with Crippen LogP contribution in [0.2, 0.25) is 0 Å². The van der Waals surface area contributed by atoms with Gasteiger partial charge in [0.2, 0.25) is 0 Å². The molecule has 16 heavy (non-hydrogen) atoms. The molecule has 2 heterocycles. The summed E-state index contributed by atoms with van der Waals surface area (Å²) in [6.45, 7) is 3.14. The van der Waals surface area contributed by atoms with Crippen LogP contribution in [-0.4, -0.2) is 35.7 Å². The Kier molecular flexibility index (Phi) is 3.11. The van der Waals surface area contributed by atoms with Crippen LogP contribution in [0.4, 0.5) is 0 Å². The van der Waals surface area contributed by atoms with Gasteiger partial charge in [-0.1, -0.05) is 18.7 Å². The third kappa shape index (κ3) is 2.23. The van der Waals surface area contributed by atoms with Crippen LogP contribution in [0.25, 0.3) is 0 Å². The Morgan fingerprint density at radius 2 is 2.31 bits per heavy atom. The maximum Gasteiger partial charge on any atom is 0.157 e. The van der Waals surface area contributed by atoms with Gasteiger partial charge in [-0.3, -0.25) is 4.99 Å². The summed E-state index contributed by atoms with van der Waals surface area (Å²) in [6, 6.07) is 1.06. The van der Waals surface area contributed by atoms with E-state index in [4.69, 9.17) is 9.73 Å². The number of thioether (sulfide) groups is 1. The molecule has 0 aromatic carbocycles. The number of nitrogens with one attached hydrogen (secondary N) is 1. The molecular formula is C12H20N2OS. The molecule has 3 unspecified atom stereocenters. The normalized spacial score (nSPS) is 41.6. The molecule has 1 saturated carbocycles. The van der Waals surface area contributed by atoms with E-state index in [0.717, 1.165) is 24.1 Å². The molecule has 0 radical (unpaired) electrons. The Hall–Kier alpha value is -0.220. The van der Waals surface area contributed by atoms with E-state index in [1.807, 2.05) is 11.8 Å². The van der Waals surface area contributed by atoms with Gasteiger partial charge in [-0.25, -0.2) is 0 Å². The molecule has 0 amide bonds. The molecule has 0 aromatic rings. The molecule has 1 N–H and O–H groups in total. The van der Waals surface area contributed by atoms with Crippen molar-refractivity contribution in [2.24, 2.45) is 10.9 Å². The van der Waals surface area contributed by atoms with Gasteiger partial charge in [-0.2, -0.15) is 0 Å². The topological polar surface area (TPSA) is 33.6 Å². The van der Waals surface area contributed by atoms with Crippen molar-refractivity contribution < 1.29 is 4.74 Å². The van der Waals surface area contributed by atoms with Crippen LogP contribution in [-0.2, 0) is 4.74 Å². The van der Waals surface area contributed by atoms with Crippen LogP contribution in [0, 0.1) is 5.92 Å². The van der Waals surface area contributed by atoms with Crippen molar-refractivity contribution in [1.29, 1.82) is 0 Å². The van der Waals surface area contributed by atoms with Gasteiger partial charge < -0.3 is 10.1 Å². The van der Waals surface area contributed by atoms with Crippen molar-refractivity contribution in [2.75, 3.05) is 12.4 Å². The number of aliphatic imine (C=N–C) groups is 1. The highest BCUT2D eigenvalue weighted by molar-refractivity contribution is 8.14. The van der Waals surface area contributed by atoms with E-state index < -0.39 is 0 Å². The van der Waals surface area contributed by atoms with E-state index in [2.05, 4.69) is 12.2 Å². The molecule has 0 bridgehead atoms. The van der Waals surface area contributed by atoms with Gasteiger partial charge in [-0.05, 0) is 31.6 Å². The fourth-order valence-electron chi connectivity index (χ4n) is 2.50. The molecule has 2 saturated heterocycles. The minimum atomic E-state index is 0.426. The Balaban J connectivity index is 1.62. The van der Waals surface area contributed by atoms with Crippen LogP contribution in [0.15, 0.2) is 4.99 Å². The Bertz CT molecular complexity index is 291. The number of hydrogen-bond donors (Lipinski definition) is 1. The second kappa shape index (κ2) is 4.57. The zero-order valence-electron chi connectivity index (χ0n) is 9.82. The molecule has 0 aromatic heterocycles. The Morgan fingerprint density at radius 3 is 3.00 bits per heavy atom. The van der Waals surface area contributed by atoms with Crippen LogP contribution in [0.3, 0.4) is 0 Å². The number of ether oxygens (including phenoxy) is 1. The first-order valence-electron chi connectivity index (χ1n) is 6.45. The van der Waals surface area contributed by atoms with E-state index >= 15 is 0 Å².